The predicted octanol–water partition coefficient (Wildman–Crippen LogP) is 2.96. The highest BCUT2D eigenvalue weighted by Crippen LogP contribution is 2.30. The average Bonchev–Trinajstić information content (AvgIpc) is 3.51. The maximum Gasteiger partial charge on any atom is 0.422 e. The van der Waals surface area contributed by atoms with E-state index in [0.29, 0.717) is 11.4 Å². The number of ether oxygens (including phenoxy) is 1. The Hall–Kier alpha value is -3.24. The van der Waals surface area contributed by atoms with Gasteiger partial charge in [0, 0.05) is 17.7 Å². The largest absolute Gasteiger partial charge is 0.467 e. The number of anilines is 1. The predicted molar refractivity (Wildman–Crippen MR) is 99.8 cm³/mol. The molecule has 1 fully saturated rings. The van der Waals surface area contributed by atoms with Gasteiger partial charge < -0.3 is 15.4 Å². The summed E-state index contributed by atoms with van der Waals surface area (Å²) in [7, 11) is 0. The lowest BCUT2D eigenvalue weighted by Gasteiger charge is -2.15. The molecule has 1 unspecified atom stereocenters. The number of aromatic nitrogens is 3. The number of rotatable bonds is 7. The van der Waals surface area contributed by atoms with Crippen LogP contribution in [0.5, 0.6) is 5.88 Å². The first kappa shape index (κ1) is 21.5. The fourth-order valence-electron chi connectivity index (χ4n) is 2.59. The van der Waals surface area contributed by atoms with Gasteiger partial charge in [-0.15, -0.1) is 10.2 Å². The molecule has 3 rings (SSSR count). The Kier molecular flexibility index (Phi) is 6.18. The lowest BCUT2D eigenvalue weighted by Crippen LogP contribution is -2.28. The third kappa shape index (κ3) is 5.88. The average molecular weight is 423 g/mol. The van der Waals surface area contributed by atoms with E-state index in [0.717, 1.165) is 12.8 Å². The maximum absolute atomic E-state index is 12.4. The molecule has 0 aromatic carbocycles. The monoisotopic (exact) mass is 423 g/mol. The number of aryl methyl sites for hydroxylation is 1. The van der Waals surface area contributed by atoms with Crippen molar-refractivity contribution in [3.63, 3.8) is 0 Å². The third-order valence-electron chi connectivity index (χ3n) is 4.38. The molecule has 2 heterocycles. The van der Waals surface area contributed by atoms with Crippen LogP contribution in [0.1, 0.15) is 47.4 Å². The molecule has 2 N–H and O–H groups in total. The van der Waals surface area contributed by atoms with Crippen molar-refractivity contribution in [1.29, 1.82) is 0 Å². The van der Waals surface area contributed by atoms with E-state index in [1.807, 2.05) is 0 Å². The molecule has 2 aromatic rings. The lowest BCUT2D eigenvalue weighted by atomic mass is 10.1. The number of amides is 2. The molecule has 2 amide bonds. The van der Waals surface area contributed by atoms with Gasteiger partial charge in [-0.3, -0.25) is 9.59 Å². The minimum absolute atomic E-state index is 0.0393. The van der Waals surface area contributed by atoms with Gasteiger partial charge in [0.15, 0.2) is 12.3 Å². The van der Waals surface area contributed by atoms with E-state index < -0.39 is 24.7 Å². The first-order chi connectivity index (χ1) is 14.1. The molecule has 30 heavy (non-hydrogen) atoms. The number of nitrogens with one attached hydrogen (secondary N) is 2. The second kappa shape index (κ2) is 8.64. The number of halogens is 3. The first-order valence-corrected chi connectivity index (χ1v) is 9.24. The number of pyridine rings is 1. The number of carbonyl (C=O) groups is 2. The number of hydrogen-bond acceptors (Lipinski definition) is 6. The molecule has 0 saturated heterocycles. The van der Waals surface area contributed by atoms with E-state index in [9.17, 15) is 22.8 Å². The molecule has 0 radical (unpaired) electrons. The third-order valence-corrected chi connectivity index (χ3v) is 4.38. The molecule has 160 valence electrons. The van der Waals surface area contributed by atoms with Gasteiger partial charge in [-0.1, -0.05) is 0 Å². The van der Waals surface area contributed by atoms with Crippen molar-refractivity contribution in [2.45, 2.75) is 38.9 Å². The standard InChI is InChI=1S/C19H20F3N5O3/c1-10-7-14(26-27-18(10)30-9-19(20,21)22)17(29)24-11(2)13-5-6-23-15(8-13)25-16(28)12-3-4-12/h5-8,11-12H,3-4,9H2,1-2H3,(H,24,29)(H,23,25,28). The van der Waals surface area contributed by atoms with Crippen LogP contribution in [0.3, 0.4) is 0 Å². The lowest BCUT2D eigenvalue weighted by molar-refractivity contribution is -0.154. The van der Waals surface area contributed by atoms with Crippen LogP contribution in [0.4, 0.5) is 19.0 Å². The Balaban J connectivity index is 1.62. The van der Waals surface area contributed by atoms with E-state index in [1.54, 1.807) is 19.1 Å². The topological polar surface area (TPSA) is 106 Å². The molecule has 8 nitrogen and oxygen atoms in total. The van der Waals surface area contributed by atoms with E-state index >= 15 is 0 Å². The molecule has 0 aliphatic heterocycles. The van der Waals surface area contributed by atoms with Gasteiger partial charge in [-0.05, 0) is 50.5 Å². The highest BCUT2D eigenvalue weighted by atomic mass is 19.4. The van der Waals surface area contributed by atoms with Crippen LogP contribution >= 0.6 is 0 Å². The van der Waals surface area contributed by atoms with Crippen molar-refractivity contribution in [1.82, 2.24) is 20.5 Å². The van der Waals surface area contributed by atoms with Gasteiger partial charge in [0.1, 0.15) is 5.82 Å². The fourth-order valence-corrected chi connectivity index (χ4v) is 2.59. The zero-order chi connectivity index (χ0) is 21.9. The molecule has 2 aromatic heterocycles. The molecule has 1 aliphatic rings. The summed E-state index contributed by atoms with van der Waals surface area (Å²) in [5.41, 5.74) is 0.898. The summed E-state index contributed by atoms with van der Waals surface area (Å²) >= 11 is 0. The summed E-state index contributed by atoms with van der Waals surface area (Å²) in [6.07, 6.45) is -1.23. The smallest absolute Gasteiger partial charge is 0.422 e. The number of hydrogen-bond donors (Lipinski definition) is 2. The molecule has 1 saturated carbocycles. The van der Waals surface area contributed by atoms with Crippen LogP contribution in [0.25, 0.3) is 0 Å². The van der Waals surface area contributed by atoms with Crippen molar-refractivity contribution in [3.8, 4) is 5.88 Å². The fraction of sp³-hybridized carbons (Fsp3) is 0.421. The Bertz CT molecular complexity index is 947. The van der Waals surface area contributed by atoms with Crippen LogP contribution in [0.15, 0.2) is 24.4 Å². The van der Waals surface area contributed by atoms with Gasteiger partial charge in [0.25, 0.3) is 5.91 Å². The van der Waals surface area contributed by atoms with Gasteiger partial charge in [-0.25, -0.2) is 4.98 Å². The van der Waals surface area contributed by atoms with Crippen LogP contribution in [-0.4, -0.2) is 39.8 Å². The zero-order valence-electron chi connectivity index (χ0n) is 16.3. The van der Waals surface area contributed by atoms with Crippen molar-refractivity contribution >= 4 is 17.6 Å². The van der Waals surface area contributed by atoms with Gasteiger partial charge in [0.2, 0.25) is 11.8 Å². The van der Waals surface area contributed by atoms with E-state index in [2.05, 4.69) is 30.6 Å². The summed E-state index contributed by atoms with van der Waals surface area (Å²) < 4.78 is 41.4. The minimum Gasteiger partial charge on any atom is -0.467 e. The summed E-state index contributed by atoms with van der Waals surface area (Å²) in [5.74, 6) is -0.484. The Labute approximate surface area is 170 Å². The summed E-state index contributed by atoms with van der Waals surface area (Å²) in [5, 5.41) is 12.7. The minimum atomic E-state index is -4.50. The summed E-state index contributed by atoms with van der Waals surface area (Å²) in [6.45, 7) is 1.71. The number of nitrogens with zero attached hydrogens (tertiary/aromatic N) is 3. The first-order valence-electron chi connectivity index (χ1n) is 9.24. The number of alkyl halides is 3. The molecule has 0 spiro atoms. The van der Waals surface area contributed by atoms with Gasteiger partial charge >= 0.3 is 6.18 Å². The normalized spacial score (nSPS) is 14.7. The van der Waals surface area contributed by atoms with Crippen molar-refractivity contribution < 1.29 is 27.5 Å². The Morgan fingerprint density at radius 2 is 2.00 bits per heavy atom. The van der Waals surface area contributed by atoms with E-state index in [-0.39, 0.29) is 29.0 Å². The maximum atomic E-state index is 12.4. The molecule has 11 heteroatoms. The quantitative estimate of drug-likeness (QED) is 0.709. The molecular weight excluding hydrogens is 403 g/mol. The van der Waals surface area contributed by atoms with Crippen LogP contribution in [0.2, 0.25) is 0 Å². The number of carbonyl (C=O) groups excluding carboxylic acids is 2. The summed E-state index contributed by atoms with van der Waals surface area (Å²) in [6, 6.07) is 4.22. The highest BCUT2D eigenvalue weighted by molar-refractivity contribution is 5.93. The molecule has 0 bridgehead atoms. The van der Waals surface area contributed by atoms with Gasteiger partial charge in [0.05, 0.1) is 6.04 Å². The van der Waals surface area contributed by atoms with Crippen LogP contribution in [0, 0.1) is 12.8 Å². The Morgan fingerprint density at radius 1 is 1.27 bits per heavy atom. The Morgan fingerprint density at radius 3 is 2.63 bits per heavy atom. The van der Waals surface area contributed by atoms with Crippen LogP contribution in [-0.2, 0) is 4.79 Å². The SMILES string of the molecule is Cc1cc(C(=O)NC(C)c2ccnc(NC(=O)C3CC3)c2)nnc1OCC(F)(F)F. The van der Waals surface area contributed by atoms with E-state index in [1.165, 1.54) is 19.2 Å². The molecular formula is C19H20F3N5O3. The van der Waals surface area contributed by atoms with Crippen molar-refractivity contribution in [2.75, 3.05) is 11.9 Å². The zero-order valence-corrected chi connectivity index (χ0v) is 16.3. The molecule has 1 atom stereocenters. The molecule has 1 aliphatic carbocycles. The second-order valence-corrected chi connectivity index (χ2v) is 7.05. The van der Waals surface area contributed by atoms with Crippen LogP contribution < -0.4 is 15.4 Å². The van der Waals surface area contributed by atoms with E-state index in [4.69, 9.17) is 0 Å². The van der Waals surface area contributed by atoms with Gasteiger partial charge in [-0.2, -0.15) is 13.2 Å². The summed E-state index contributed by atoms with van der Waals surface area (Å²) in [4.78, 5) is 28.4. The van der Waals surface area contributed by atoms with Crippen molar-refractivity contribution in [2.24, 2.45) is 5.92 Å². The second-order valence-electron chi connectivity index (χ2n) is 7.05. The van der Waals surface area contributed by atoms with Crippen molar-refractivity contribution in [3.05, 3.63) is 41.2 Å². The highest BCUT2D eigenvalue weighted by Gasteiger charge is 2.30.